The monoisotopic (exact) mass is 316 g/mol. The molecule has 20 heavy (non-hydrogen) atoms. The van der Waals surface area contributed by atoms with Crippen molar-refractivity contribution in [3.63, 3.8) is 0 Å². The van der Waals surface area contributed by atoms with E-state index in [1.165, 1.54) is 18.6 Å². The Morgan fingerprint density at radius 3 is 2.85 bits per heavy atom. The Labute approximate surface area is 128 Å². The molecule has 1 aliphatic rings. The molecule has 1 fully saturated rings. The van der Waals surface area contributed by atoms with Crippen LogP contribution in [0.3, 0.4) is 0 Å². The van der Waals surface area contributed by atoms with E-state index in [1.807, 2.05) is 0 Å². The van der Waals surface area contributed by atoms with Crippen molar-refractivity contribution in [2.45, 2.75) is 31.8 Å². The van der Waals surface area contributed by atoms with Gasteiger partial charge in [-0.3, -0.25) is 4.79 Å². The molecule has 110 valence electrons. The van der Waals surface area contributed by atoms with E-state index in [0.29, 0.717) is 17.8 Å². The average molecular weight is 317 g/mol. The third-order valence-electron chi connectivity index (χ3n) is 3.34. The molecule has 1 aliphatic heterocycles. The standard InChI is InChI=1S/C14H18Cl2N2O2/c15-11-7-9(8-12(17)13(11)16)14(19)18-5-4-10-3-1-2-6-20-10/h7-8,10H,1-6,17H2,(H,18,19). The average Bonchev–Trinajstić information content (AvgIpc) is 2.45. The van der Waals surface area contributed by atoms with Crippen LogP contribution in [-0.2, 0) is 4.74 Å². The van der Waals surface area contributed by atoms with Crippen LogP contribution in [0.25, 0.3) is 0 Å². The van der Waals surface area contributed by atoms with Gasteiger partial charge in [0.05, 0.1) is 21.8 Å². The highest BCUT2D eigenvalue weighted by Crippen LogP contribution is 2.29. The number of benzene rings is 1. The Bertz CT molecular complexity index is 465. The number of nitrogens with two attached hydrogens (primary N) is 1. The second kappa shape index (κ2) is 7.16. The number of hydrogen-bond acceptors (Lipinski definition) is 3. The summed E-state index contributed by atoms with van der Waals surface area (Å²) in [6.45, 7) is 1.39. The fourth-order valence-corrected chi connectivity index (χ4v) is 2.56. The quantitative estimate of drug-likeness (QED) is 0.838. The molecule has 1 aromatic rings. The molecule has 0 spiro atoms. The molecular weight excluding hydrogens is 299 g/mol. The first-order chi connectivity index (χ1) is 9.58. The summed E-state index contributed by atoms with van der Waals surface area (Å²) in [5.74, 6) is -0.203. The molecule has 0 aliphatic carbocycles. The van der Waals surface area contributed by atoms with Crippen LogP contribution in [0.5, 0.6) is 0 Å². The van der Waals surface area contributed by atoms with E-state index in [9.17, 15) is 4.79 Å². The Morgan fingerprint density at radius 2 is 2.20 bits per heavy atom. The molecule has 1 amide bonds. The highest BCUT2D eigenvalue weighted by molar-refractivity contribution is 6.43. The van der Waals surface area contributed by atoms with Gasteiger partial charge < -0.3 is 15.8 Å². The van der Waals surface area contributed by atoms with Gasteiger partial charge in [-0.1, -0.05) is 23.2 Å². The van der Waals surface area contributed by atoms with Crippen molar-refractivity contribution >= 4 is 34.8 Å². The molecule has 1 saturated heterocycles. The third kappa shape index (κ3) is 4.01. The van der Waals surface area contributed by atoms with Crippen molar-refractivity contribution in [3.8, 4) is 0 Å². The maximum absolute atomic E-state index is 12.0. The highest BCUT2D eigenvalue weighted by Gasteiger charge is 2.15. The van der Waals surface area contributed by atoms with E-state index < -0.39 is 0 Å². The van der Waals surface area contributed by atoms with Crippen LogP contribution in [0.4, 0.5) is 5.69 Å². The summed E-state index contributed by atoms with van der Waals surface area (Å²) in [5, 5.41) is 3.41. The lowest BCUT2D eigenvalue weighted by atomic mass is 10.1. The number of nitrogens with one attached hydrogen (secondary N) is 1. The van der Waals surface area contributed by atoms with E-state index in [4.69, 9.17) is 33.7 Å². The van der Waals surface area contributed by atoms with Gasteiger partial charge in [-0.2, -0.15) is 0 Å². The first-order valence-corrected chi connectivity index (χ1v) is 7.48. The van der Waals surface area contributed by atoms with Crippen LogP contribution in [-0.4, -0.2) is 25.2 Å². The normalized spacial score (nSPS) is 18.8. The summed E-state index contributed by atoms with van der Waals surface area (Å²) in [6, 6.07) is 3.05. The van der Waals surface area contributed by atoms with E-state index in [-0.39, 0.29) is 22.1 Å². The van der Waals surface area contributed by atoms with Gasteiger partial charge in [-0.05, 0) is 37.8 Å². The second-order valence-electron chi connectivity index (χ2n) is 4.89. The van der Waals surface area contributed by atoms with Crippen molar-refractivity contribution < 1.29 is 9.53 Å². The summed E-state index contributed by atoms with van der Waals surface area (Å²) >= 11 is 11.8. The molecule has 1 aromatic carbocycles. The molecule has 1 heterocycles. The molecule has 6 heteroatoms. The summed E-state index contributed by atoms with van der Waals surface area (Å²) in [4.78, 5) is 12.0. The van der Waals surface area contributed by atoms with Crippen LogP contribution in [0, 0.1) is 0 Å². The molecule has 0 bridgehead atoms. The number of carbonyl (C=O) groups excluding carboxylic acids is 1. The van der Waals surface area contributed by atoms with Gasteiger partial charge in [-0.15, -0.1) is 0 Å². The second-order valence-corrected chi connectivity index (χ2v) is 5.68. The molecule has 3 N–H and O–H groups in total. The van der Waals surface area contributed by atoms with E-state index in [2.05, 4.69) is 5.32 Å². The summed E-state index contributed by atoms with van der Waals surface area (Å²) < 4.78 is 5.61. The maximum atomic E-state index is 12.0. The summed E-state index contributed by atoms with van der Waals surface area (Å²) in [7, 11) is 0. The zero-order chi connectivity index (χ0) is 14.5. The van der Waals surface area contributed by atoms with Gasteiger partial charge in [-0.25, -0.2) is 0 Å². The largest absolute Gasteiger partial charge is 0.397 e. The van der Waals surface area contributed by atoms with Gasteiger partial charge >= 0.3 is 0 Å². The molecule has 0 radical (unpaired) electrons. The van der Waals surface area contributed by atoms with Crippen LogP contribution in [0.1, 0.15) is 36.0 Å². The lowest BCUT2D eigenvalue weighted by molar-refractivity contribution is 0.0117. The molecule has 2 rings (SSSR count). The van der Waals surface area contributed by atoms with Crippen LogP contribution in [0.15, 0.2) is 12.1 Å². The fraction of sp³-hybridized carbons (Fsp3) is 0.500. The van der Waals surface area contributed by atoms with Crippen LogP contribution >= 0.6 is 23.2 Å². The number of hydrogen-bond donors (Lipinski definition) is 2. The topological polar surface area (TPSA) is 64.4 Å². The van der Waals surface area contributed by atoms with Crippen molar-refractivity contribution in [3.05, 3.63) is 27.7 Å². The summed E-state index contributed by atoms with van der Waals surface area (Å²) in [5.41, 5.74) is 6.41. The predicted molar refractivity (Wildman–Crippen MR) is 81.4 cm³/mol. The maximum Gasteiger partial charge on any atom is 0.251 e. The fourth-order valence-electron chi connectivity index (χ4n) is 2.23. The van der Waals surface area contributed by atoms with Gasteiger partial charge in [0.25, 0.3) is 5.91 Å². The molecular formula is C14H18Cl2N2O2. The van der Waals surface area contributed by atoms with Crippen molar-refractivity contribution in [2.24, 2.45) is 0 Å². The number of ether oxygens (including phenoxy) is 1. The Morgan fingerprint density at radius 1 is 1.40 bits per heavy atom. The van der Waals surface area contributed by atoms with E-state index in [0.717, 1.165) is 25.9 Å². The minimum absolute atomic E-state index is 0.203. The SMILES string of the molecule is Nc1cc(C(=O)NCCC2CCCCO2)cc(Cl)c1Cl. The molecule has 4 nitrogen and oxygen atoms in total. The first-order valence-electron chi connectivity index (χ1n) is 6.72. The molecule has 0 saturated carbocycles. The molecule has 1 atom stereocenters. The number of carbonyl (C=O) groups is 1. The van der Waals surface area contributed by atoms with Crippen LogP contribution < -0.4 is 11.1 Å². The molecule has 0 aromatic heterocycles. The molecule has 1 unspecified atom stereocenters. The van der Waals surface area contributed by atoms with Crippen molar-refractivity contribution in [2.75, 3.05) is 18.9 Å². The number of anilines is 1. The number of halogens is 2. The van der Waals surface area contributed by atoms with Gasteiger partial charge in [0.15, 0.2) is 0 Å². The number of amides is 1. The zero-order valence-electron chi connectivity index (χ0n) is 11.1. The Hall–Kier alpha value is -0.970. The first kappa shape index (κ1) is 15.4. The summed E-state index contributed by atoms with van der Waals surface area (Å²) in [6.07, 6.45) is 4.47. The Balaban J connectivity index is 1.85. The lowest BCUT2D eigenvalue weighted by Crippen LogP contribution is -2.29. The number of rotatable bonds is 4. The van der Waals surface area contributed by atoms with Gasteiger partial charge in [0, 0.05) is 18.7 Å². The minimum Gasteiger partial charge on any atom is -0.397 e. The van der Waals surface area contributed by atoms with Crippen LogP contribution in [0.2, 0.25) is 10.0 Å². The van der Waals surface area contributed by atoms with Gasteiger partial charge in [0.2, 0.25) is 0 Å². The van der Waals surface area contributed by atoms with Crippen molar-refractivity contribution in [1.29, 1.82) is 0 Å². The number of nitrogen functional groups attached to an aromatic ring is 1. The van der Waals surface area contributed by atoms with Gasteiger partial charge in [0.1, 0.15) is 0 Å². The Kier molecular flexibility index (Phi) is 5.52. The van der Waals surface area contributed by atoms with Crippen molar-refractivity contribution in [1.82, 2.24) is 5.32 Å². The van der Waals surface area contributed by atoms with E-state index >= 15 is 0 Å². The highest BCUT2D eigenvalue weighted by atomic mass is 35.5. The zero-order valence-corrected chi connectivity index (χ0v) is 12.6. The minimum atomic E-state index is -0.203. The lowest BCUT2D eigenvalue weighted by Gasteiger charge is -2.22. The van der Waals surface area contributed by atoms with E-state index in [1.54, 1.807) is 0 Å². The third-order valence-corrected chi connectivity index (χ3v) is 4.16. The predicted octanol–water partition coefficient (Wildman–Crippen LogP) is 3.26. The smallest absolute Gasteiger partial charge is 0.251 e.